The highest BCUT2D eigenvalue weighted by molar-refractivity contribution is 5.95. The summed E-state index contributed by atoms with van der Waals surface area (Å²) in [7, 11) is 0. The highest BCUT2D eigenvalue weighted by Crippen LogP contribution is 2.24. The average Bonchev–Trinajstić information content (AvgIpc) is 2.86. The molecule has 0 fully saturated rings. The van der Waals surface area contributed by atoms with Crippen molar-refractivity contribution in [3.05, 3.63) is 53.6 Å². The summed E-state index contributed by atoms with van der Waals surface area (Å²) in [6.07, 6.45) is 0. The number of hydrogen-bond acceptors (Lipinski definition) is 5. The van der Waals surface area contributed by atoms with E-state index in [1.165, 1.54) is 0 Å². The molecule has 2 N–H and O–H groups in total. The van der Waals surface area contributed by atoms with Crippen LogP contribution in [0.3, 0.4) is 0 Å². The summed E-state index contributed by atoms with van der Waals surface area (Å²) >= 11 is 0. The minimum Gasteiger partial charge on any atom is -0.351 e. The van der Waals surface area contributed by atoms with Crippen molar-refractivity contribution in [3.8, 4) is 0 Å². The van der Waals surface area contributed by atoms with Gasteiger partial charge in [-0.3, -0.25) is 19.4 Å². The van der Waals surface area contributed by atoms with Crippen molar-refractivity contribution in [2.24, 2.45) is 0 Å². The Morgan fingerprint density at radius 1 is 0.706 bits per heavy atom. The van der Waals surface area contributed by atoms with Gasteiger partial charge in [0.1, 0.15) is 0 Å². The second-order valence-corrected chi connectivity index (χ2v) is 8.44. The molecule has 0 saturated heterocycles. The highest BCUT2D eigenvalue weighted by Gasteiger charge is 2.12. The van der Waals surface area contributed by atoms with E-state index in [0.29, 0.717) is 26.2 Å². The van der Waals surface area contributed by atoms with Crippen molar-refractivity contribution < 1.29 is 9.59 Å². The zero-order valence-electron chi connectivity index (χ0n) is 20.9. The predicted octanol–water partition coefficient (Wildman–Crippen LogP) is 3.30. The molecule has 2 aromatic carbocycles. The molecule has 0 radical (unpaired) electrons. The summed E-state index contributed by atoms with van der Waals surface area (Å²) < 4.78 is 0. The Balaban J connectivity index is 1.80. The van der Waals surface area contributed by atoms with Crippen LogP contribution in [0.1, 0.15) is 38.8 Å². The van der Waals surface area contributed by atoms with Crippen LogP contribution >= 0.6 is 0 Å². The number of benzene rings is 2. The lowest BCUT2D eigenvalue weighted by atomic mass is 10.0. The van der Waals surface area contributed by atoms with Gasteiger partial charge in [0.15, 0.2) is 0 Å². The van der Waals surface area contributed by atoms with Crippen molar-refractivity contribution >= 4 is 33.6 Å². The first-order valence-corrected chi connectivity index (χ1v) is 12.3. The van der Waals surface area contributed by atoms with Crippen molar-refractivity contribution in [1.29, 1.82) is 0 Å². The Morgan fingerprint density at radius 3 is 1.50 bits per heavy atom. The maximum absolute atomic E-state index is 12.4. The number of nitrogens with one attached hydrogen (secondary N) is 2. The van der Waals surface area contributed by atoms with E-state index < -0.39 is 0 Å². The molecule has 2 amide bonds. The van der Waals surface area contributed by atoms with Crippen molar-refractivity contribution in [2.45, 2.75) is 40.8 Å². The molecular formula is C27H37N5O2. The summed E-state index contributed by atoms with van der Waals surface area (Å²) in [5.41, 5.74) is 3.71. The molecule has 0 spiro atoms. The van der Waals surface area contributed by atoms with E-state index in [1.807, 2.05) is 36.4 Å². The molecule has 0 saturated carbocycles. The van der Waals surface area contributed by atoms with Gasteiger partial charge in [-0.1, -0.05) is 64.1 Å². The Morgan fingerprint density at radius 2 is 1.12 bits per heavy atom. The molecule has 0 aliphatic rings. The Bertz CT molecular complexity index is 1040. The highest BCUT2D eigenvalue weighted by atomic mass is 16.2. The molecule has 0 unspecified atom stereocenters. The van der Waals surface area contributed by atoms with Gasteiger partial charge in [0.25, 0.3) is 0 Å². The van der Waals surface area contributed by atoms with Crippen LogP contribution in [-0.4, -0.2) is 65.9 Å². The van der Waals surface area contributed by atoms with Crippen LogP contribution in [-0.2, 0) is 22.7 Å². The van der Waals surface area contributed by atoms with Crippen LogP contribution in [0.25, 0.3) is 21.8 Å². The zero-order valence-corrected chi connectivity index (χ0v) is 20.9. The predicted molar refractivity (Wildman–Crippen MR) is 139 cm³/mol. The van der Waals surface area contributed by atoms with E-state index in [4.69, 9.17) is 4.98 Å². The van der Waals surface area contributed by atoms with Gasteiger partial charge in [0.2, 0.25) is 11.8 Å². The lowest BCUT2D eigenvalue weighted by Crippen LogP contribution is -2.36. The third kappa shape index (κ3) is 6.52. The second-order valence-electron chi connectivity index (χ2n) is 8.44. The first kappa shape index (κ1) is 25.6. The fourth-order valence-corrected chi connectivity index (χ4v) is 4.09. The van der Waals surface area contributed by atoms with Gasteiger partial charge in [-0.2, -0.15) is 0 Å². The van der Waals surface area contributed by atoms with Gasteiger partial charge in [-0.15, -0.1) is 0 Å². The van der Waals surface area contributed by atoms with Crippen molar-refractivity contribution in [3.63, 3.8) is 0 Å². The normalized spacial score (nSPS) is 11.5. The van der Waals surface area contributed by atoms with Crippen LogP contribution in [0, 0.1) is 0 Å². The molecule has 0 atom stereocenters. The molecule has 7 nitrogen and oxygen atoms in total. The summed E-state index contributed by atoms with van der Waals surface area (Å²) in [5, 5.41) is 8.15. The molecule has 34 heavy (non-hydrogen) atoms. The summed E-state index contributed by atoms with van der Waals surface area (Å²) in [6.45, 7) is 13.3. The van der Waals surface area contributed by atoms with Crippen LogP contribution in [0.5, 0.6) is 0 Å². The van der Waals surface area contributed by atoms with E-state index >= 15 is 0 Å². The minimum atomic E-state index is 0.0121. The van der Waals surface area contributed by atoms with Crippen molar-refractivity contribution in [1.82, 2.24) is 25.4 Å². The number of amides is 2. The van der Waals surface area contributed by atoms with Gasteiger partial charge in [-0.05, 0) is 43.4 Å². The summed E-state index contributed by atoms with van der Waals surface area (Å²) in [5.74, 6) is 0.0243. The smallest absolute Gasteiger partial charge is 0.234 e. The lowest BCUT2D eigenvalue weighted by Gasteiger charge is -2.18. The van der Waals surface area contributed by atoms with E-state index in [2.05, 4.69) is 54.2 Å². The number of rotatable bonds is 12. The first-order valence-electron chi connectivity index (χ1n) is 12.3. The number of carbonyl (C=O) groups is 2. The molecular weight excluding hydrogens is 426 g/mol. The Kier molecular flexibility index (Phi) is 9.36. The maximum atomic E-state index is 12.4. The van der Waals surface area contributed by atoms with E-state index in [1.54, 1.807) is 0 Å². The van der Waals surface area contributed by atoms with Crippen LogP contribution in [0.15, 0.2) is 42.5 Å². The third-order valence-electron chi connectivity index (χ3n) is 6.31. The van der Waals surface area contributed by atoms with Gasteiger partial charge in [0, 0.05) is 23.9 Å². The molecule has 1 heterocycles. The zero-order chi connectivity index (χ0) is 24.5. The second kappa shape index (κ2) is 12.4. The number of hydrogen-bond donors (Lipinski definition) is 2. The fraction of sp³-hybridized carbons (Fsp3) is 0.444. The van der Waals surface area contributed by atoms with E-state index in [-0.39, 0.29) is 11.8 Å². The number of aromatic nitrogens is 1. The molecule has 0 bridgehead atoms. The number of nitrogens with zero attached hydrogens (tertiary/aromatic N) is 3. The number of pyridine rings is 1. The molecule has 7 heteroatoms. The fourth-order valence-electron chi connectivity index (χ4n) is 4.09. The summed E-state index contributed by atoms with van der Waals surface area (Å²) in [4.78, 5) is 34.0. The van der Waals surface area contributed by atoms with Crippen LogP contribution in [0.2, 0.25) is 0 Å². The topological polar surface area (TPSA) is 77.6 Å². The van der Waals surface area contributed by atoms with E-state index in [0.717, 1.165) is 59.1 Å². The first-order chi connectivity index (χ1) is 16.5. The van der Waals surface area contributed by atoms with E-state index in [9.17, 15) is 9.59 Å². The van der Waals surface area contributed by atoms with Gasteiger partial charge in [-0.25, -0.2) is 4.98 Å². The third-order valence-corrected chi connectivity index (χ3v) is 6.31. The molecule has 3 aromatic rings. The van der Waals surface area contributed by atoms with Gasteiger partial charge >= 0.3 is 0 Å². The average molecular weight is 464 g/mol. The molecule has 0 aliphatic heterocycles. The molecule has 0 aliphatic carbocycles. The minimum absolute atomic E-state index is 0.0121. The van der Waals surface area contributed by atoms with Crippen molar-refractivity contribution in [2.75, 3.05) is 39.3 Å². The molecule has 3 rings (SSSR count). The Hall–Kier alpha value is -3.03. The SMILES string of the molecule is CCN(CC)CC(=O)NCc1cccc2cc3cccc(CNC(=O)CN(CC)CC)c3nc12. The van der Waals surface area contributed by atoms with Crippen LogP contribution in [0.4, 0.5) is 0 Å². The lowest BCUT2D eigenvalue weighted by molar-refractivity contribution is -0.123. The Labute approximate surface area is 202 Å². The number of fused-ring (bicyclic) bond motifs is 2. The summed E-state index contributed by atoms with van der Waals surface area (Å²) in [6, 6.07) is 14.2. The largest absolute Gasteiger partial charge is 0.351 e. The molecule has 182 valence electrons. The number of carbonyl (C=O) groups excluding carboxylic acids is 2. The van der Waals surface area contributed by atoms with Crippen LogP contribution < -0.4 is 10.6 Å². The van der Waals surface area contributed by atoms with Gasteiger partial charge < -0.3 is 10.6 Å². The van der Waals surface area contributed by atoms with Gasteiger partial charge in [0.05, 0.1) is 24.1 Å². The number of likely N-dealkylation sites (N-methyl/N-ethyl adjacent to an activating group) is 2. The monoisotopic (exact) mass is 463 g/mol. The maximum Gasteiger partial charge on any atom is 0.234 e. The standard InChI is InChI=1S/C27H37N5O2/c1-5-31(6-2)18-24(33)28-16-22-13-9-11-20-15-21-12-10-14-23(27(21)30-26(20)22)17-29-25(34)19-32(7-3)8-4/h9-15H,5-8,16-19H2,1-4H3,(H,28,33)(H,29,34). The molecule has 1 aromatic heterocycles. The number of para-hydroxylation sites is 2. The quantitative estimate of drug-likeness (QED) is 0.403.